The average molecular weight is 305 g/mol. The number of aromatic nitrogens is 4. The van der Waals surface area contributed by atoms with Gasteiger partial charge < -0.3 is 10.1 Å². The van der Waals surface area contributed by atoms with Gasteiger partial charge in [-0.3, -0.25) is 0 Å². The zero-order valence-electron chi connectivity index (χ0n) is 10.8. The third-order valence-electron chi connectivity index (χ3n) is 2.47. The molecule has 0 saturated heterocycles. The summed E-state index contributed by atoms with van der Waals surface area (Å²) >= 11 is 5.90. The van der Waals surface area contributed by atoms with Gasteiger partial charge in [-0.2, -0.15) is 10.5 Å². The van der Waals surface area contributed by atoms with Crippen molar-refractivity contribution >= 4 is 28.8 Å². The van der Waals surface area contributed by atoms with Crippen molar-refractivity contribution in [1.29, 1.82) is 5.26 Å². The van der Waals surface area contributed by atoms with E-state index in [2.05, 4.69) is 30.7 Å². The highest BCUT2D eigenvalue weighted by Crippen LogP contribution is 2.22. The minimum absolute atomic E-state index is 0.131. The fourth-order valence-corrected chi connectivity index (χ4v) is 1.67. The standard InChI is InChI=1S/C12H9ClN6O2/c1-21-12(20)9-3-2-8(13)4-10(9)15-6-7(5-14)11-16-18-19-17-11/h2-4,6,15H,1H3,(H,16,17,18,19). The van der Waals surface area contributed by atoms with Crippen LogP contribution in [0.4, 0.5) is 5.69 Å². The van der Waals surface area contributed by atoms with E-state index < -0.39 is 5.97 Å². The summed E-state index contributed by atoms with van der Waals surface area (Å²) in [6, 6.07) is 6.53. The maximum absolute atomic E-state index is 11.7. The Kier molecular flexibility index (Phi) is 4.48. The van der Waals surface area contributed by atoms with Crippen LogP contribution in [-0.2, 0) is 4.74 Å². The largest absolute Gasteiger partial charge is 0.465 e. The molecule has 0 atom stereocenters. The van der Waals surface area contributed by atoms with Crippen LogP contribution in [-0.4, -0.2) is 33.7 Å². The molecule has 106 valence electrons. The van der Waals surface area contributed by atoms with Gasteiger partial charge in [0.15, 0.2) is 0 Å². The number of tetrazole rings is 1. The number of halogens is 1. The van der Waals surface area contributed by atoms with Crippen LogP contribution in [0, 0.1) is 11.3 Å². The van der Waals surface area contributed by atoms with E-state index in [1.807, 2.05) is 6.07 Å². The summed E-state index contributed by atoms with van der Waals surface area (Å²) in [5, 5.41) is 25.3. The van der Waals surface area contributed by atoms with E-state index in [1.54, 1.807) is 6.07 Å². The molecule has 0 fully saturated rings. The maximum Gasteiger partial charge on any atom is 0.339 e. The van der Waals surface area contributed by atoms with Gasteiger partial charge in [-0.05, 0) is 23.4 Å². The molecule has 0 bridgehead atoms. The number of allylic oxidation sites excluding steroid dienone is 1. The number of esters is 1. The van der Waals surface area contributed by atoms with Crippen molar-refractivity contribution in [3.8, 4) is 6.07 Å². The first-order chi connectivity index (χ1) is 10.2. The molecular formula is C12H9ClN6O2. The van der Waals surface area contributed by atoms with Crippen LogP contribution in [0.1, 0.15) is 16.2 Å². The van der Waals surface area contributed by atoms with Crippen LogP contribution in [0.5, 0.6) is 0 Å². The Morgan fingerprint density at radius 3 is 3.00 bits per heavy atom. The van der Waals surface area contributed by atoms with Crippen LogP contribution < -0.4 is 5.32 Å². The lowest BCUT2D eigenvalue weighted by Crippen LogP contribution is -2.05. The fraction of sp³-hybridized carbons (Fsp3) is 0.0833. The molecule has 0 unspecified atom stereocenters. The monoisotopic (exact) mass is 304 g/mol. The van der Waals surface area contributed by atoms with Crippen molar-refractivity contribution < 1.29 is 9.53 Å². The summed E-state index contributed by atoms with van der Waals surface area (Å²) in [6.45, 7) is 0. The predicted molar refractivity (Wildman–Crippen MR) is 74.2 cm³/mol. The van der Waals surface area contributed by atoms with Crippen molar-refractivity contribution in [3.63, 3.8) is 0 Å². The number of carbonyl (C=O) groups is 1. The lowest BCUT2D eigenvalue weighted by molar-refractivity contribution is 0.0602. The summed E-state index contributed by atoms with van der Waals surface area (Å²) in [6.07, 6.45) is 1.35. The Hall–Kier alpha value is -2.92. The summed E-state index contributed by atoms with van der Waals surface area (Å²) < 4.78 is 4.67. The number of aromatic amines is 1. The number of carbonyl (C=O) groups excluding carboxylic acids is 1. The predicted octanol–water partition coefficient (Wildman–Crippen LogP) is 1.62. The van der Waals surface area contributed by atoms with E-state index in [4.69, 9.17) is 16.9 Å². The molecule has 1 aromatic heterocycles. The molecule has 9 heteroatoms. The zero-order valence-corrected chi connectivity index (χ0v) is 11.5. The summed E-state index contributed by atoms with van der Waals surface area (Å²) in [5.74, 6) is -0.396. The Labute approximate surface area is 124 Å². The SMILES string of the molecule is COC(=O)c1ccc(Cl)cc1NC=C(C#N)c1nn[nH]n1. The van der Waals surface area contributed by atoms with Gasteiger partial charge in [0.2, 0.25) is 5.82 Å². The topological polar surface area (TPSA) is 117 Å². The van der Waals surface area contributed by atoms with E-state index in [-0.39, 0.29) is 17.0 Å². The van der Waals surface area contributed by atoms with Gasteiger partial charge in [0.25, 0.3) is 0 Å². The van der Waals surface area contributed by atoms with Crippen LogP contribution in [0.15, 0.2) is 24.4 Å². The first-order valence-electron chi connectivity index (χ1n) is 5.64. The first kappa shape index (κ1) is 14.5. The third kappa shape index (κ3) is 3.34. The third-order valence-corrected chi connectivity index (χ3v) is 2.70. The smallest absolute Gasteiger partial charge is 0.339 e. The number of benzene rings is 1. The molecule has 2 rings (SSSR count). The molecule has 2 N–H and O–H groups in total. The van der Waals surface area contributed by atoms with Crippen molar-refractivity contribution in [2.45, 2.75) is 0 Å². The van der Waals surface area contributed by atoms with E-state index in [0.29, 0.717) is 10.7 Å². The Balaban J connectivity index is 2.33. The quantitative estimate of drug-likeness (QED) is 0.651. The second-order valence-corrected chi connectivity index (χ2v) is 4.17. The first-order valence-corrected chi connectivity index (χ1v) is 6.02. The van der Waals surface area contributed by atoms with Gasteiger partial charge in [0, 0.05) is 11.2 Å². The van der Waals surface area contributed by atoms with Crippen LogP contribution >= 0.6 is 11.6 Å². The molecule has 1 heterocycles. The number of hydrogen-bond donors (Lipinski definition) is 2. The second kappa shape index (κ2) is 6.49. The fourth-order valence-electron chi connectivity index (χ4n) is 1.50. The number of hydrogen-bond acceptors (Lipinski definition) is 7. The Morgan fingerprint density at radius 2 is 2.38 bits per heavy atom. The Bertz CT molecular complexity index is 720. The average Bonchev–Trinajstić information content (AvgIpc) is 3.01. The molecule has 2 aromatic rings. The number of H-pyrrole nitrogens is 1. The van der Waals surface area contributed by atoms with Gasteiger partial charge in [-0.15, -0.1) is 10.2 Å². The van der Waals surface area contributed by atoms with Gasteiger partial charge in [0.1, 0.15) is 11.6 Å². The number of nitrogens with one attached hydrogen (secondary N) is 2. The van der Waals surface area contributed by atoms with E-state index in [1.165, 1.54) is 25.4 Å². The second-order valence-electron chi connectivity index (χ2n) is 3.73. The summed E-state index contributed by atoms with van der Waals surface area (Å²) in [5.41, 5.74) is 0.814. The van der Waals surface area contributed by atoms with Crippen molar-refractivity contribution in [2.75, 3.05) is 12.4 Å². The van der Waals surface area contributed by atoms with Gasteiger partial charge >= 0.3 is 5.97 Å². The van der Waals surface area contributed by atoms with E-state index >= 15 is 0 Å². The molecule has 0 aliphatic rings. The molecule has 0 spiro atoms. The molecule has 0 aliphatic carbocycles. The highest BCUT2D eigenvalue weighted by atomic mass is 35.5. The highest BCUT2D eigenvalue weighted by molar-refractivity contribution is 6.31. The summed E-state index contributed by atoms with van der Waals surface area (Å²) in [4.78, 5) is 11.7. The number of ether oxygens (including phenoxy) is 1. The number of rotatable bonds is 4. The molecule has 8 nitrogen and oxygen atoms in total. The lowest BCUT2D eigenvalue weighted by Gasteiger charge is -2.08. The number of nitriles is 1. The molecule has 0 amide bonds. The van der Waals surface area contributed by atoms with Crippen molar-refractivity contribution in [3.05, 3.63) is 40.8 Å². The molecular weight excluding hydrogens is 296 g/mol. The molecule has 1 aromatic carbocycles. The van der Waals surface area contributed by atoms with Crippen LogP contribution in [0.25, 0.3) is 5.57 Å². The van der Waals surface area contributed by atoms with E-state index in [0.717, 1.165) is 0 Å². The minimum atomic E-state index is -0.527. The number of nitrogens with zero attached hydrogens (tertiary/aromatic N) is 4. The van der Waals surface area contributed by atoms with Crippen LogP contribution in [0.2, 0.25) is 5.02 Å². The Morgan fingerprint density at radius 1 is 1.57 bits per heavy atom. The van der Waals surface area contributed by atoms with Crippen molar-refractivity contribution in [1.82, 2.24) is 20.6 Å². The molecule has 0 aliphatic heterocycles. The molecule has 0 saturated carbocycles. The number of anilines is 1. The maximum atomic E-state index is 11.7. The minimum Gasteiger partial charge on any atom is -0.465 e. The van der Waals surface area contributed by atoms with E-state index in [9.17, 15) is 4.79 Å². The molecule has 21 heavy (non-hydrogen) atoms. The lowest BCUT2D eigenvalue weighted by atomic mass is 10.1. The zero-order chi connectivity index (χ0) is 15.2. The highest BCUT2D eigenvalue weighted by Gasteiger charge is 2.12. The number of methoxy groups -OCH3 is 1. The normalized spacial score (nSPS) is 10.8. The molecule has 0 radical (unpaired) electrons. The van der Waals surface area contributed by atoms with Crippen molar-refractivity contribution in [2.24, 2.45) is 0 Å². The summed E-state index contributed by atoms with van der Waals surface area (Å²) in [7, 11) is 1.27. The van der Waals surface area contributed by atoms with Gasteiger partial charge in [-0.1, -0.05) is 11.6 Å². The van der Waals surface area contributed by atoms with Gasteiger partial charge in [-0.25, -0.2) is 4.79 Å². The van der Waals surface area contributed by atoms with Crippen LogP contribution in [0.3, 0.4) is 0 Å². The van der Waals surface area contributed by atoms with Gasteiger partial charge in [0.05, 0.1) is 18.4 Å².